The Hall–Kier alpha value is -1.61. The summed E-state index contributed by atoms with van der Waals surface area (Å²) >= 11 is 0. The second-order valence-corrected chi connectivity index (χ2v) is 5.59. The van der Waals surface area contributed by atoms with Gasteiger partial charge in [0.2, 0.25) is 0 Å². The van der Waals surface area contributed by atoms with Crippen molar-refractivity contribution in [3.05, 3.63) is 52.8 Å². The molecule has 1 atom stereocenters. The lowest BCUT2D eigenvalue weighted by Gasteiger charge is -2.24. The standard InChI is InChI=1S/C17H24N2O/c1-5-14-7-9-15(10-8-14)17(4,20)12-16-11-13(3)18-19(16)6-2/h7-11,20H,5-6,12H2,1-4H3. The van der Waals surface area contributed by atoms with Crippen LogP contribution in [-0.4, -0.2) is 14.9 Å². The Morgan fingerprint density at radius 3 is 2.40 bits per heavy atom. The highest BCUT2D eigenvalue weighted by molar-refractivity contribution is 5.28. The smallest absolute Gasteiger partial charge is 0.0923 e. The fourth-order valence-corrected chi connectivity index (χ4v) is 2.57. The van der Waals surface area contributed by atoms with Gasteiger partial charge in [0.1, 0.15) is 0 Å². The zero-order valence-corrected chi connectivity index (χ0v) is 12.8. The summed E-state index contributed by atoms with van der Waals surface area (Å²) in [6.07, 6.45) is 1.59. The van der Waals surface area contributed by atoms with Crippen LogP contribution in [0.25, 0.3) is 0 Å². The minimum Gasteiger partial charge on any atom is -0.385 e. The SMILES string of the molecule is CCc1ccc(C(C)(O)Cc2cc(C)nn2CC)cc1. The molecule has 0 aliphatic heterocycles. The van der Waals surface area contributed by atoms with Gasteiger partial charge in [-0.3, -0.25) is 4.68 Å². The van der Waals surface area contributed by atoms with E-state index in [1.165, 1.54) is 5.56 Å². The van der Waals surface area contributed by atoms with Crippen LogP contribution in [0.2, 0.25) is 0 Å². The maximum atomic E-state index is 10.8. The molecule has 0 aliphatic rings. The molecule has 2 rings (SSSR count). The number of aliphatic hydroxyl groups is 1. The van der Waals surface area contributed by atoms with Gasteiger partial charge in [0.15, 0.2) is 0 Å². The number of aryl methyl sites for hydroxylation is 3. The molecule has 0 bridgehead atoms. The molecule has 20 heavy (non-hydrogen) atoms. The van der Waals surface area contributed by atoms with Gasteiger partial charge in [-0.05, 0) is 44.4 Å². The van der Waals surface area contributed by atoms with Crippen molar-refractivity contribution in [3.63, 3.8) is 0 Å². The Morgan fingerprint density at radius 1 is 1.20 bits per heavy atom. The van der Waals surface area contributed by atoms with Crippen LogP contribution in [-0.2, 0) is 25.0 Å². The first-order chi connectivity index (χ1) is 9.46. The van der Waals surface area contributed by atoms with E-state index in [2.05, 4.69) is 37.1 Å². The molecule has 2 aromatic rings. The first kappa shape index (κ1) is 14.8. The Labute approximate surface area is 121 Å². The first-order valence-electron chi connectivity index (χ1n) is 7.31. The van der Waals surface area contributed by atoms with Crippen molar-refractivity contribution in [2.75, 3.05) is 0 Å². The van der Waals surface area contributed by atoms with Gasteiger partial charge in [0.05, 0.1) is 11.3 Å². The van der Waals surface area contributed by atoms with Gasteiger partial charge in [-0.2, -0.15) is 5.10 Å². The molecule has 3 nitrogen and oxygen atoms in total. The number of nitrogens with zero attached hydrogens (tertiary/aromatic N) is 2. The number of benzene rings is 1. The van der Waals surface area contributed by atoms with E-state index >= 15 is 0 Å². The Bertz CT molecular complexity index is 567. The van der Waals surface area contributed by atoms with Gasteiger partial charge in [-0.1, -0.05) is 31.2 Å². The third-order valence-corrected chi connectivity index (χ3v) is 3.79. The molecule has 108 valence electrons. The van der Waals surface area contributed by atoms with Crippen LogP contribution in [0.1, 0.15) is 43.3 Å². The predicted molar refractivity (Wildman–Crippen MR) is 81.7 cm³/mol. The molecule has 3 heteroatoms. The number of aromatic nitrogens is 2. The topological polar surface area (TPSA) is 38.1 Å². The quantitative estimate of drug-likeness (QED) is 0.907. The van der Waals surface area contributed by atoms with E-state index in [-0.39, 0.29) is 0 Å². The molecular weight excluding hydrogens is 248 g/mol. The van der Waals surface area contributed by atoms with E-state index in [9.17, 15) is 5.11 Å². The van der Waals surface area contributed by atoms with Crippen LogP contribution in [0.15, 0.2) is 30.3 Å². The molecule has 1 aromatic carbocycles. The number of hydrogen-bond acceptors (Lipinski definition) is 2. The minimum absolute atomic E-state index is 0.577. The molecule has 1 N–H and O–H groups in total. The monoisotopic (exact) mass is 272 g/mol. The normalized spacial score (nSPS) is 14.2. The molecule has 0 radical (unpaired) electrons. The third kappa shape index (κ3) is 3.10. The lowest BCUT2D eigenvalue weighted by molar-refractivity contribution is 0.0554. The molecule has 1 heterocycles. The van der Waals surface area contributed by atoms with Crippen LogP contribution in [0.3, 0.4) is 0 Å². The molecule has 0 saturated carbocycles. The van der Waals surface area contributed by atoms with Crippen molar-refractivity contribution in [2.45, 2.75) is 52.7 Å². The Morgan fingerprint density at radius 2 is 1.85 bits per heavy atom. The van der Waals surface area contributed by atoms with Gasteiger partial charge >= 0.3 is 0 Å². The van der Waals surface area contributed by atoms with Crippen LogP contribution in [0, 0.1) is 6.92 Å². The summed E-state index contributed by atoms with van der Waals surface area (Å²) in [5, 5.41) is 15.2. The largest absolute Gasteiger partial charge is 0.385 e. The molecular formula is C17H24N2O. The summed E-state index contributed by atoms with van der Waals surface area (Å²) in [7, 11) is 0. The van der Waals surface area contributed by atoms with E-state index in [4.69, 9.17) is 0 Å². The fourth-order valence-electron chi connectivity index (χ4n) is 2.57. The molecule has 0 fully saturated rings. The predicted octanol–water partition coefficient (Wildman–Crippen LogP) is 3.22. The molecule has 1 unspecified atom stereocenters. The van der Waals surface area contributed by atoms with Crippen molar-refractivity contribution in [1.82, 2.24) is 9.78 Å². The molecule has 0 aliphatic carbocycles. The summed E-state index contributed by atoms with van der Waals surface area (Å²) in [5.41, 5.74) is 3.45. The van der Waals surface area contributed by atoms with Crippen LogP contribution < -0.4 is 0 Å². The average Bonchev–Trinajstić information content (AvgIpc) is 2.78. The number of hydrogen-bond donors (Lipinski definition) is 1. The summed E-state index contributed by atoms with van der Waals surface area (Å²) in [6, 6.07) is 10.3. The van der Waals surface area contributed by atoms with E-state index in [1.807, 2.05) is 30.7 Å². The van der Waals surface area contributed by atoms with Gasteiger partial charge < -0.3 is 5.11 Å². The Kier molecular flexibility index (Phi) is 4.29. The van der Waals surface area contributed by atoms with Crippen molar-refractivity contribution in [3.8, 4) is 0 Å². The number of rotatable bonds is 5. The molecule has 0 spiro atoms. The van der Waals surface area contributed by atoms with Gasteiger partial charge in [0.25, 0.3) is 0 Å². The second kappa shape index (κ2) is 5.80. The zero-order valence-electron chi connectivity index (χ0n) is 12.8. The van der Waals surface area contributed by atoms with Crippen molar-refractivity contribution in [1.29, 1.82) is 0 Å². The average molecular weight is 272 g/mol. The minimum atomic E-state index is -0.869. The highest BCUT2D eigenvalue weighted by Crippen LogP contribution is 2.26. The Balaban J connectivity index is 2.24. The lowest BCUT2D eigenvalue weighted by atomic mass is 9.90. The summed E-state index contributed by atoms with van der Waals surface area (Å²) < 4.78 is 1.96. The molecule has 0 amide bonds. The summed E-state index contributed by atoms with van der Waals surface area (Å²) in [4.78, 5) is 0. The van der Waals surface area contributed by atoms with Gasteiger partial charge in [-0.25, -0.2) is 0 Å². The zero-order chi connectivity index (χ0) is 14.8. The highest BCUT2D eigenvalue weighted by atomic mass is 16.3. The maximum Gasteiger partial charge on any atom is 0.0923 e. The van der Waals surface area contributed by atoms with Crippen LogP contribution in [0.5, 0.6) is 0 Å². The van der Waals surface area contributed by atoms with Crippen molar-refractivity contribution >= 4 is 0 Å². The molecule has 1 aromatic heterocycles. The lowest BCUT2D eigenvalue weighted by Crippen LogP contribution is -2.25. The van der Waals surface area contributed by atoms with Crippen LogP contribution >= 0.6 is 0 Å². The van der Waals surface area contributed by atoms with Crippen molar-refractivity contribution in [2.24, 2.45) is 0 Å². The van der Waals surface area contributed by atoms with E-state index in [0.717, 1.165) is 29.9 Å². The fraction of sp³-hybridized carbons (Fsp3) is 0.471. The first-order valence-corrected chi connectivity index (χ1v) is 7.31. The highest BCUT2D eigenvalue weighted by Gasteiger charge is 2.25. The van der Waals surface area contributed by atoms with Gasteiger partial charge in [0, 0.05) is 18.7 Å². The van der Waals surface area contributed by atoms with E-state index < -0.39 is 5.60 Å². The van der Waals surface area contributed by atoms with Crippen LogP contribution in [0.4, 0.5) is 0 Å². The summed E-state index contributed by atoms with van der Waals surface area (Å²) in [6.45, 7) is 8.89. The third-order valence-electron chi connectivity index (χ3n) is 3.79. The summed E-state index contributed by atoms with van der Waals surface area (Å²) in [5.74, 6) is 0. The van der Waals surface area contributed by atoms with Crippen molar-refractivity contribution < 1.29 is 5.11 Å². The maximum absolute atomic E-state index is 10.8. The van der Waals surface area contributed by atoms with E-state index in [1.54, 1.807) is 0 Å². The van der Waals surface area contributed by atoms with Gasteiger partial charge in [-0.15, -0.1) is 0 Å². The van der Waals surface area contributed by atoms with E-state index in [0.29, 0.717) is 6.42 Å². The second-order valence-electron chi connectivity index (χ2n) is 5.59. The molecule has 0 saturated heterocycles.